The van der Waals surface area contributed by atoms with Crippen molar-refractivity contribution in [1.82, 2.24) is 20.0 Å². The van der Waals surface area contributed by atoms with Crippen LogP contribution in [0.25, 0.3) is 0 Å². The molecule has 2 heterocycles. The molecule has 0 aliphatic carbocycles. The summed E-state index contributed by atoms with van der Waals surface area (Å²) >= 11 is 0. The molecule has 0 aliphatic heterocycles. The number of nitrogens with zero attached hydrogens (tertiary/aromatic N) is 5. The summed E-state index contributed by atoms with van der Waals surface area (Å²) in [6, 6.07) is 5.52. The molecule has 0 unspecified atom stereocenters. The normalized spacial score (nSPS) is 9.69. The van der Waals surface area contributed by atoms with Gasteiger partial charge in [0.25, 0.3) is 0 Å². The van der Waals surface area contributed by atoms with Gasteiger partial charge in [0.1, 0.15) is 11.8 Å². The Kier molecular flexibility index (Phi) is 3.09. The molecule has 6 nitrogen and oxygen atoms in total. The maximum atomic E-state index is 8.68. The van der Waals surface area contributed by atoms with Crippen LogP contribution in [0.15, 0.2) is 30.7 Å². The van der Waals surface area contributed by atoms with Crippen LogP contribution in [0.1, 0.15) is 5.69 Å². The zero-order valence-corrected chi connectivity index (χ0v) is 8.54. The van der Waals surface area contributed by atoms with Gasteiger partial charge in [-0.3, -0.25) is 4.68 Å². The SMILES string of the molecule is N#Cc1cc(NCCn2ccnn2)ccn1. The van der Waals surface area contributed by atoms with Crippen molar-refractivity contribution in [2.24, 2.45) is 0 Å². The fourth-order valence-electron chi connectivity index (χ4n) is 1.27. The molecule has 2 aromatic rings. The van der Waals surface area contributed by atoms with Crippen LogP contribution in [0.2, 0.25) is 0 Å². The van der Waals surface area contributed by atoms with Crippen LogP contribution >= 0.6 is 0 Å². The van der Waals surface area contributed by atoms with Crippen LogP contribution < -0.4 is 5.32 Å². The molecule has 0 saturated heterocycles. The molecule has 0 spiro atoms. The monoisotopic (exact) mass is 214 g/mol. The predicted molar refractivity (Wildman–Crippen MR) is 57.5 cm³/mol. The Bertz CT molecular complexity index is 484. The van der Waals surface area contributed by atoms with Crippen molar-refractivity contribution in [2.45, 2.75) is 6.54 Å². The van der Waals surface area contributed by atoms with E-state index in [1.165, 1.54) is 0 Å². The molecule has 0 fully saturated rings. The van der Waals surface area contributed by atoms with E-state index in [2.05, 4.69) is 20.6 Å². The van der Waals surface area contributed by atoms with E-state index in [0.717, 1.165) is 18.8 Å². The fraction of sp³-hybridized carbons (Fsp3) is 0.200. The lowest BCUT2D eigenvalue weighted by atomic mass is 10.3. The molecule has 0 atom stereocenters. The average molecular weight is 214 g/mol. The molecule has 0 radical (unpaired) electrons. The molecule has 0 amide bonds. The van der Waals surface area contributed by atoms with Gasteiger partial charge in [0.2, 0.25) is 0 Å². The number of hydrogen-bond acceptors (Lipinski definition) is 5. The molecule has 0 bridgehead atoms. The van der Waals surface area contributed by atoms with Crippen LogP contribution in [0, 0.1) is 11.3 Å². The van der Waals surface area contributed by atoms with Gasteiger partial charge >= 0.3 is 0 Å². The number of nitriles is 1. The van der Waals surface area contributed by atoms with Gasteiger partial charge in [-0.05, 0) is 12.1 Å². The highest BCUT2D eigenvalue weighted by atomic mass is 15.4. The van der Waals surface area contributed by atoms with E-state index in [1.807, 2.05) is 12.1 Å². The first kappa shape index (κ1) is 10.1. The highest BCUT2D eigenvalue weighted by molar-refractivity contribution is 5.45. The quantitative estimate of drug-likeness (QED) is 0.808. The lowest BCUT2D eigenvalue weighted by molar-refractivity contribution is 0.609. The molecule has 0 saturated carbocycles. The standard InChI is InChI=1S/C10H10N6/c11-8-10-7-9(1-2-12-10)13-3-5-16-6-4-14-15-16/h1-2,4,6-7H,3,5H2,(H,12,13). The smallest absolute Gasteiger partial charge is 0.142 e. The Hall–Kier alpha value is -2.42. The highest BCUT2D eigenvalue weighted by Gasteiger charge is 1.96. The van der Waals surface area contributed by atoms with E-state index in [9.17, 15) is 0 Å². The molecule has 0 aliphatic rings. The van der Waals surface area contributed by atoms with Gasteiger partial charge in [-0.1, -0.05) is 5.21 Å². The van der Waals surface area contributed by atoms with E-state index in [1.54, 1.807) is 29.3 Å². The van der Waals surface area contributed by atoms with Crippen LogP contribution in [-0.4, -0.2) is 26.5 Å². The third-order valence-electron chi connectivity index (χ3n) is 2.02. The van der Waals surface area contributed by atoms with E-state index in [-0.39, 0.29) is 0 Å². The highest BCUT2D eigenvalue weighted by Crippen LogP contribution is 2.06. The maximum absolute atomic E-state index is 8.68. The minimum atomic E-state index is 0.408. The Labute approximate surface area is 92.5 Å². The minimum absolute atomic E-state index is 0.408. The summed E-state index contributed by atoms with van der Waals surface area (Å²) in [5.74, 6) is 0. The van der Waals surface area contributed by atoms with Gasteiger partial charge in [0.15, 0.2) is 0 Å². The molecule has 80 valence electrons. The summed E-state index contributed by atoms with van der Waals surface area (Å²) in [5, 5.41) is 19.4. The summed E-state index contributed by atoms with van der Waals surface area (Å²) in [6.07, 6.45) is 5.05. The van der Waals surface area contributed by atoms with Crippen molar-refractivity contribution in [3.8, 4) is 6.07 Å². The second kappa shape index (κ2) is 4.89. The number of pyridine rings is 1. The Morgan fingerprint density at radius 2 is 2.38 bits per heavy atom. The summed E-state index contributed by atoms with van der Waals surface area (Å²) in [5.41, 5.74) is 1.29. The average Bonchev–Trinajstić information content (AvgIpc) is 2.82. The van der Waals surface area contributed by atoms with E-state index >= 15 is 0 Å². The van der Waals surface area contributed by atoms with Gasteiger partial charge in [-0.2, -0.15) is 5.26 Å². The van der Waals surface area contributed by atoms with Gasteiger partial charge in [0, 0.05) is 24.6 Å². The predicted octanol–water partition coefficient (Wildman–Crippen LogP) is 0.657. The third-order valence-corrected chi connectivity index (χ3v) is 2.02. The van der Waals surface area contributed by atoms with Gasteiger partial charge in [-0.25, -0.2) is 4.98 Å². The molecule has 1 N–H and O–H groups in total. The van der Waals surface area contributed by atoms with Gasteiger partial charge < -0.3 is 5.32 Å². The van der Waals surface area contributed by atoms with E-state index in [4.69, 9.17) is 5.26 Å². The lowest BCUT2D eigenvalue weighted by Gasteiger charge is -2.05. The minimum Gasteiger partial charge on any atom is -0.383 e. The first-order valence-electron chi connectivity index (χ1n) is 4.82. The van der Waals surface area contributed by atoms with Gasteiger partial charge in [0.05, 0.1) is 12.7 Å². The van der Waals surface area contributed by atoms with E-state index < -0.39 is 0 Å². The van der Waals surface area contributed by atoms with Crippen LogP contribution in [0.3, 0.4) is 0 Å². The van der Waals surface area contributed by atoms with Crippen LogP contribution in [0.4, 0.5) is 5.69 Å². The van der Waals surface area contributed by atoms with Crippen molar-refractivity contribution < 1.29 is 0 Å². The lowest BCUT2D eigenvalue weighted by Crippen LogP contribution is -2.11. The van der Waals surface area contributed by atoms with Crippen LogP contribution in [-0.2, 0) is 6.54 Å². The van der Waals surface area contributed by atoms with Crippen LogP contribution in [0.5, 0.6) is 0 Å². The van der Waals surface area contributed by atoms with Crippen molar-refractivity contribution in [1.29, 1.82) is 5.26 Å². The second-order valence-electron chi connectivity index (χ2n) is 3.13. The molecule has 6 heteroatoms. The van der Waals surface area contributed by atoms with Crippen molar-refractivity contribution in [3.63, 3.8) is 0 Å². The van der Waals surface area contributed by atoms with E-state index in [0.29, 0.717) is 5.69 Å². The van der Waals surface area contributed by atoms with Gasteiger partial charge in [-0.15, -0.1) is 5.10 Å². The number of anilines is 1. The van der Waals surface area contributed by atoms with Crippen molar-refractivity contribution in [2.75, 3.05) is 11.9 Å². The molecular weight excluding hydrogens is 204 g/mol. The molecular formula is C10H10N6. The number of rotatable bonds is 4. The molecule has 2 rings (SSSR count). The third kappa shape index (κ3) is 2.54. The second-order valence-corrected chi connectivity index (χ2v) is 3.13. The molecule has 16 heavy (non-hydrogen) atoms. The largest absolute Gasteiger partial charge is 0.383 e. The van der Waals surface area contributed by atoms with Crippen molar-refractivity contribution in [3.05, 3.63) is 36.4 Å². The first-order valence-corrected chi connectivity index (χ1v) is 4.82. The fourth-order valence-corrected chi connectivity index (χ4v) is 1.27. The Morgan fingerprint density at radius 3 is 3.12 bits per heavy atom. The number of hydrogen-bond donors (Lipinski definition) is 1. The summed E-state index contributed by atoms with van der Waals surface area (Å²) in [4.78, 5) is 3.89. The summed E-state index contributed by atoms with van der Waals surface area (Å²) < 4.78 is 1.74. The summed E-state index contributed by atoms with van der Waals surface area (Å²) in [6.45, 7) is 1.45. The zero-order chi connectivity index (χ0) is 11.2. The molecule has 0 aromatic carbocycles. The number of aromatic nitrogens is 4. The number of nitrogens with one attached hydrogen (secondary N) is 1. The Balaban J connectivity index is 1.88. The summed E-state index contributed by atoms with van der Waals surface area (Å²) in [7, 11) is 0. The first-order chi connectivity index (χ1) is 7.88. The zero-order valence-electron chi connectivity index (χ0n) is 8.54. The van der Waals surface area contributed by atoms with Crippen molar-refractivity contribution >= 4 is 5.69 Å². The maximum Gasteiger partial charge on any atom is 0.142 e. The topological polar surface area (TPSA) is 79.4 Å². The molecule has 2 aromatic heterocycles. The Morgan fingerprint density at radius 1 is 1.44 bits per heavy atom.